The van der Waals surface area contributed by atoms with Gasteiger partial charge in [-0.05, 0) is 42.3 Å². The maximum atomic E-state index is 13.0. The molecule has 0 aromatic heterocycles. The Labute approximate surface area is 119 Å². The molecule has 0 aliphatic carbocycles. The topological polar surface area (TPSA) is 9.23 Å². The third kappa shape index (κ3) is 4.23. The fraction of sp³-hybridized carbons (Fsp3) is 0.222. The van der Waals surface area contributed by atoms with Crippen molar-refractivity contribution in [2.75, 3.05) is 6.61 Å². The lowest BCUT2D eigenvalue weighted by Crippen LogP contribution is -1.95. The van der Waals surface area contributed by atoms with E-state index in [-0.39, 0.29) is 5.82 Å². The molecular formula is C18H19FO. The molecule has 104 valence electrons. The molecule has 0 heterocycles. The molecule has 0 aliphatic heterocycles. The first-order chi connectivity index (χ1) is 9.79. The van der Waals surface area contributed by atoms with Crippen LogP contribution in [0.1, 0.15) is 30.9 Å². The third-order valence-corrected chi connectivity index (χ3v) is 2.98. The second kappa shape index (κ2) is 7.49. The lowest BCUT2D eigenvalue weighted by Gasteiger charge is -2.11. The van der Waals surface area contributed by atoms with Gasteiger partial charge in [0.2, 0.25) is 0 Å². The van der Waals surface area contributed by atoms with E-state index in [2.05, 4.69) is 6.92 Å². The molecule has 0 aliphatic rings. The number of hydrogen-bond donors (Lipinski definition) is 0. The highest BCUT2D eigenvalue weighted by molar-refractivity contribution is 5.77. The van der Waals surface area contributed by atoms with Gasteiger partial charge in [-0.3, -0.25) is 0 Å². The van der Waals surface area contributed by atoms with Crippen LogP contribution in [0, 0.1) is 5.82 Å². The maximum Gasteiger partial charge on any atom is 0.127 e. The number of hydrogen-bond acceptors (Lipinski definition) is 1. The van der Waals surface area contributed by atoms with Gasteiger partial charge in [-0.25, -0.2) is 4.39 Å². The van der Waals surface area contributed by atoms with E-state index >= 15 is 0 Å². The molecule has 0 amide bonds. The van der Waals surface area contributed by atoms with E-state index < -0.39 is 0 Å². The molecule has 2 rings (SSSR count). The Morgan fingerprint density at radius 3 is 2.40 bits per heavy atom. The van der Waals surface area contributed by atoms with Gasteiger partial charge in [0.15, 0.2) is 0 Å². The Balaban J connectivity index is 2.24. The van der Waals surface area contributed by atoms with Gasteiger partial charge in [-0.1, -0.05) is 43.7 Å². The smallest absolute Gasteiger partial charge is 0.127 e. The molecule has 0 saturated heterocycles. The van der Waals surface area contributed by atoms with Crippen LogP contribution >= 0.6 is 0 Å². The lowest BCUT2D eigenvalue weighted by atomic mass is 10.1. The first kappa shape index (κ1) is 14.3. The largest absolute Gasteiger partial charge is 0.493 e. The van der Waals surface area contributed by atoms with Crippen LogP contribution in [-0.4, -0.2) is 6.61 Å². The fourth-order valence-corrected chi connectivity index (χ4v) is 1.85. The van der Waals surface area contributed by atoms with Crippen LogP contribution in [0.2, 0.25) is 0 Å². The summed E-state index contributed by atoms with van der Waals surface area (Å²) in [6.45, 7) is 2.80. The Kier molecular flexibility index (Phi) is 5.36. The van der Waals surface area contributed by atoms with Crippen LogP contribution in [-0.2, 0) is 4.74 Å². The van der Waals surface area contributed by atoms with Crippen molar-refractivity contribution in [1.82, 2.24) is 0 Å². The molecule has 2 aromatic rings. The zero-order valence-corrected chi connectivity index (χ0v) is 11.7. The zero-order chi connectivity index (χ0) is 14.2. The van der Waals surface area contributed by atoms with Crippen molar-refractivity contribution in [2.45, 2.75) is 19.8 Å². The fourth-order valence-electron chi connectivity index (χ4n) is 1.85. The summed E-state index contributed by atoms with van der Waals surface area (Å²) in [7, 11) is 0. The molecule has 0 radical (unpaired) electrons. The molecule has 0 N–H and O–H groups in total. The van der Waals surface area contributed by atoms with Gasteiger partial charge < -0.3 is 4.74 Å². The van der Waals surface area contributed by atoms with Crippen LogP contribution in [0.3, 0.4) is 0 Å². The standard InChI is InChI=1S/C18H19FO/c1-2-3-13-20-18(14-15-7-5-4-6-8-15)16-9-11-17(19)12-10-16/h4-12,14H,2-3,13H2,1H3. The second-order valence-corrected chi connectivity index (χ2v) is 4.63. The average Bonchev–Trinajstić information content (AvgIpc) is 2.48. The highest BCUT2D eigenvalue weighted by Gasteiger charge is 2.04. The van der Waals surface area contributed by atoms with Gasteiger partial charge in [-0.15, -0.1) is 0 Å². The van der Waals surface area contributed by atoms with E-state index in [1.807, 2.05) is 36.4 Å². The SMILES string of the molecule is CCCCOC(=Cc1ccccc1)c1ccc(F)cc1. The summed E-state index contributed by atoms with van der Waals surface area (Å²) in [5.74, 6) is 0.547. The van der Waals surface area contributed by atoms with E-state index in [0.717, 1.165) is 29.7 Å². The molecule has 0 atom stereocenters. The molecule has 0 fully saturated rings. The number of unbranched alkanes of at least 4 members (excludes halogenated alkanes) is 1. The van der Waals surface area contributed by atoms with Crippen molar-refractivity contribution in [1.29, 1.82) is 0 Å². The molecule has 2 aromatic carbocycles. The van der Waals surface area contributed by atoms with Gasteiger partial charge >= 0.3 is 0 Å². The molecule has 0 spiro atoms. The van der Waals surface area contributed by atoms with Crippen LogP contribution < -0.4 is 0 Å². The third-order valence-electron chi connectivity index (χ3n) is 2.98. The highest BCUT2D eigenvalue weighted by Crippen LogP contribution is 2.20. The van der Waals surface area contributed by atoms with Crippen molar-refractivity contribution in [2.24, 2.45) is 0 Å². The van der Waals surface area contributed by atoms with Crippen LogP contribution in [0.15, 0.2) is 54.6 Å². The van der Waals surface area contributed by atoms with Crippen molar-refractivity contribution < 1.29 is 9.13 Å². The Bertz CT molecular complexity index is 543. The van der Waals surface area contributed by atoms with Crippen LogP contribution in [0.5, 0.6) is 0 Å². The monoisotopic (exact) mass is 270 g/mol. The average molecular weight is 270 g/mol. The van der Waals surface area contributed by atoms with E-state index in [1.54, 1.807) is 12.1 Å². The maximum absolute atomic E-state index is 13.0. The minimum Gasteiger partial charge on any atom is -0.493 e. The molecule has 2 heteroatoms. The Hall–Kier alpha value is -2.09. The number of ether oxygens (including phenoxy) is 1. The van der Waals surface area contributed by atoms with Gasteiger partial charge in [0.25, 0.3) is 0 Å². The van der Waals surface area contributed by atoms with Crippen molar-refractivity contribution in [3.8, 4) is 0 Å². The van der Waals surface area contributed by atoms with Gasteiger partial charge in [0.1, 0.15) is 11.6 Å². The lowest BCUT2D eigenvalue weighted by molar-refractivity contribution is 0.272. The minimum atomic E-state index is -0.235. The van der Waals surface area contributed by atoms with E-state index in [4.69, 9.17) is 4.74 Å². The predicted molar refractivity (Wildman–Crippen MR) is 81.6 cm³/mol. The van der Waals surface area contributed by atoms with E-state index in [1.165, 1.54) is 12.1 Å². The Morgan fingerprint density at radius 1 is 1.05 bits per heavy atom. The number of rotatable bonds is 6. The highest BCUT2D eigenvalue weighted by atomic mass is 19.1. The summed E-state index contributed by atoms with van der Waals surface area (Å²) >= 11 is 0. The Morgan fingerprint density at radius 2 is 1.75 bits per heavy atom. The molecule has 1 nitrogen and oxygen atoms in total. The quantitative estimate of drug-likeness (QED) is 0.401. The van der Waals surface area contributed by atoms with E-state index in [0.29, 0.717) is 6.61 Å². The molecule has 0 saturated carbocycles. The second-order valence-electron chi connectivity index (χ2n) is 4.63. The summed E-state index contributed by atoms with van der Waals surface area (Å²) in [5, 5.41) is 0. The van der Waals surface area contributed by atoms with Crippen molar-refractivity contribution in [3.05, 3.63) is 71.5 Å². The molecule has 0 bridgehead atoms. The minimum absolute atomic E-state index is 0.235. The zero-order valence-electron chi connectivity index (χ0n) is 11.7. The first-order valence-electron chi connectivity index (χ1n) is 6.95. The summed E-state index contributed by atoms with van der Waals surface area (Å²) in [4.78, 5) is 0. The first-order valence-corrected chi connectivity index (χ1v) is 6.95. The molecule has 0 unspecified atom stereocenters. The summed E-state index contributed by atoms with van der Waals surface area (Å²) in [6, 6.07) is 16.4. The van der Waals surface area contributed by atoms with Gasteiger partial charge in [0, 0.05) is 5.56 Å². The molecular weight excluding hydrogens is 251 g/mol. The normalized spacial score (nSPS) is 11.4. The number of halogens is 1. The van der Waals surface area contributed by atoms with E-state index in [9.17, 15) is 4.39 Å². The van der Waals surface area contributed by atoms with Gasteiger partial charge in [-0.2, -0.15) is 0 Å². The summed E-state index contributed by atoms with van der Waals surface area (Å²) in [6.07, 6.45) is 4.08. The molecule has 20 heavy (non-hydrogen) atoms. The van der Waals surface area contributed by atoms with Gasteiger partial charge in [0.05, 0.1) is 6.61 Å². The van der Waals surface area contributed by atoms with Crippen LogP contribution in [0.25, 0.3) is 11.8 Å². The summed E-state index contributed by atoms with van der Waals surface area (Å²) in [5.41, 5.74) is 1.97. The van der Waals surface area contributed by atoms with Crippen molar-refractivity contribution >= 4 is 11.8 Å². The number of benzene rings is 2. The van der Waals surface area contributed by atoms with Crippen molar-refractivity contribution in [3.63, 3.8) is 0 Å². The van der Waals surface area contributed by atoms with Crippen LogP contribution in [0.4, 0.5) is 4.39 Å². The summed E-state index contributed by atoms with van der Waals surface area (Å²) < 4.78 is 18.9. The predicted octanol–water partition coefficient (Wildman–Crippen LogP) is 5.14.